The highest BCUT2D eigenvalue weighted by atomic mass is 16.5. The molecule has 0 unspecified atom stereocenters. The van der Waals surface area contributed by atoms with Gasteiger partial charge in [0, 0.05) is 28.6 Å². The standard InChI is InChI=1S/C55H46N4O/c1-54(2,3)40-32-33-56-52(35-40)59-48-27-13-12-24-46(48)47-31-30-43(36-51(47)59)60-42-23-16-22-41(34-42)55(4,5)58-37-57(49-28-14-15-29-50(49)58)53-44(38-18-8-6-9-19-38)25-17-26-45(53)39-20-10-7-11-21-39/h6-36H,1-5H3/i6D,7D,8D,9D,10D,11D,18D,19D,20D,21D. The number of para-hydroxylation sites is 4. The maximum atomic E-state index is 9.04. The van der Waals surface area contributed by atoms with Crippen molar-refractivity contribution in [2.75, 3.05) is 0 Å². The van der Waals surface area contributed by atoms with Crippen LogP contribution in [0, 0.1) is 6.33 Å². The fourth-order valence-corrected chi connectivity index (χ4v) is 8.08. The molecule has 10 rings (SSSR count). The highest BCUT2D eigenvalue weighted by Crippen LogP contribution is 2.39. The van der Waals surface area contributed by atoms with Crippen LogP contribution in [0.4, 0.5) is 0 Å². The number of nitrogens with zero attached hydrogens (tertiary/aromatic N) is 4. The molecule has 0 aliphatic heterocycles. The maximum absolute atomic E-state index is 9.04. The van der Waals surface area contributed by atoms with Gasteiger partial charge in [0.1, 0.15) is 22.9 Å². The number of ether oxygens (including phenoxy) is 1. The van der Waals surface area contributed by atoms with Crippen molar-refractivity contribution in [1.29, 1.82) is 0 Å². The number of fused-ring (bicyclic) bond motifs is 4. The molecule has 0 atom stereocenters. The minimum absolute atomic E-state index is 0.0792. The molecule has 5 heteroatoms. The van der Waals surface area contributed by atoms with E-state index in [0.717, 1.165) is 33.2 Å². The van der Waals surface area contributed by atoms with Gasteiger partial charge in [-0.1, -0.05) is 154 Å². The van der Waals surface area contributed by atoms with Crippen molar-refractivity contribution in [3.8, 4) is 45.3 Å². The zero-order chi connectivity index (χ0) is 49.7. The van der Waals surface area contributed by atoms with Crippen LogP contribution in [0.25, 0.3) is 66.6 Å². The second-order valence-corrected chi connectivity index (χ2v) is 16.3. The van der Waals surface area contributed by atoms with Gasteiger partial charge in [-0.25, -0.2) is 4.98 Å². The molecule has 3 aromatic heterocycles. The summed E-state index contributed by atoms with van der Waals surface area (Å²) in [5, 5.41) is 2.16. The lowest BCUT2D eigenvalue weighted by Gasteiger charge is -2.26. The van der Waals surface area contributed by atoms with Gasteiger partial charge < -0.3 is 13.9 Å². The lowest BCUT2D eigenvalue weighted by atomic mass is 9.88. The van der Waals surface area contributed by atoms with E-state index in [9.17, 15) is 0 Å². The first-order valence-electron chi connectivity index (χ1n) is 24.8. The van der Waals surface area contributed by atoms with E-state index in [-0.39, 0.29) is 33.4 Å². The summed E-state index contributed by atoms with van der Waals surface area (Å²) in [5.41, 5.74) is 4.63. The van der Waals surface area contributed by atoms with E-state index in [0.29, 0.717) is 22.5 Å². The number of pyridine rings is 1. The smallest absolute Gasteiger partial charge is 0.245 e. The predicted octanol–water partition coefficient (Wildman–Crippen LogP) is 13.4. The molecule has 0 N–H and O–H groups in total. The summed E-state index contributed by atoms with van der Waals surface area (Å²) in [6.07, 6.45) is 5.40. The molecule has 60 heavy (non-hydrogen) atoms. The number of hydrogen-bond donors (Lipinski definition) is 0. The van der Waals surface area contributed by atoms with Gasteiger partial charge in [-0.15, -0.1) is 0 Å². The lowest BCUT2D eigenvalue weighted by molar-refractivity contribution is -0.572. The second-order valence-electron chi connectivity index (χ2n) is 16.3. The summed E-state index contributed by atoms with van der Waals surface area (Å²) in [6, 6.07) is 33.5. The van der Waals surface area contributed by atoms with Crippen LogP contribution in [-0.2, 0) is 11.0 Å². The monoisotopic (exact) mass is 788 g/mol. The SMILES string of the molecule is [2H]c1c([2H])c([2H])c(-c2cccc(-c3c([2H])c([2H])c([2H])c([2H])c3[2H])c2-[n+]2[c-]n(C(C)(C)c3cccc(Oc4ccc5c6ccccc6n(-c6cc(C(C)(C)C)ccn6)c5c4)c3)c3ccccc32)c([2H])c1[2H]. The van der Waals surface area contributed by atoms with Crippen molar-refractivity contribution in [2.45, 2.75) is 45.6 Å². The summed E-state index contributed by atoms with van der Waals surface area (Å²) >= 11 is 0. The van der Waals surface area contributed by atoms with Gasteiger partial charge in [-0.05, 0) is 89.5 Å². The lowest BCUT2D eigenvalue weighted by Crippen LogP contribution is -2.34. The summed E-state index contributed by atoms with van der Waals surface area (Å²) in [4.78, 5) is 4.83. The summed E-state index contributed by atoms with van der Waals surface area (Å²) in [5.74, 6) is 2.02. The predicted molar refractivity (Wildman–Crippen MR) is 245 cm³/mol. The fraction of sp³-hybridized carbons (Fsp3) is 0.127. The Morgan fingerprint density at radius 1 is 0.583 bits per heavy atom. The number of hydrogen-bond acceptors (Lipinski definition) is 2. The molecule has 0 saturated heterocycles. The number of imidazole rings is 1. The molecule has 0 spiro atoms. The van der Waals surface area contributed by atoms with E-state index in [1.807, 2.05) is 97.4 Å². The molecule has 0 aliphatic carbocycles. The Morgan fingerprint density at radius 2 is 1.22 bits per heavy atom. The second kappa shape index (κ2) is 14.5. The van der Waals surface area contributed by atoms with Crippen LogP contribution in [-0.4, -0.2) is 14.1 Å². The molecule has 10 aromatic rings. The third-order valence-electron chi connectivity index (χ3n) is 11.2. The van der Waals surface area contributed by atoms with Gasteiger partial charge in [0.2, 0.25) is 6.33 Å². The molecule has 0 fully saturated rings. The third-order valence-corrected chi connectivity index (χ3v) is 11.2. The van der Waals surface area contributed by atoms with Crippen molar-refractivity contribution >= 4 is 32.8 Å². The fourth-order valence-electron chi connectivity index (χ4n) is 8.08. The van der Waals surface area contributed by atoms with Crippen molar-refractivity contribution < 1.29 is 23.0 Å². The molecule has 7 aromatic carbocycles. The van der Waals surface area contributed by atoms with Crippen molar-refractivity contribution in [2.24, 2.45) is 0 Å². The van der Waals surface area contributed by atoms with E-state index < -0.39 is 66.0 Å². The molecule has 0 amide bonds. The molecule has 292 valence electrons. The first kappa shape index (κ1) is 27.4. The Balaban J connectivity index is 1.13. The van der Waals surface area contributed by atoms with Gasteiger partial charge in [0.05, 0.1) is 41.5 Å². The van der Waals surface area contributed by atoms with Crippen LogP contribution < -0.4 is 9.30 Å². The van der Waals surface area contributed by atoms with Crippen molar-refractivity contribution in [1.82, 2.24) is 14.1 Å². The van der Waals surface area contributed by atoms with Crippen LogP contribution in [0.3, 0.4) is 0 Å². The molecular formula is C55H46N4O. The first-order valence-corrected chi connectivity index (χ1v) is 19.8. The highest BCUT2D eigenvalue weighted by molar-refractivity contribution is 6.09. The van der Waals surface area contributed by atoms with Crippen LogP contribution in [0.15, 0.2) is 188 Å². The van der Waals surface area contributed by atoms with E-state index >= 15 is 0 Å². The molecule has 0 bridgehead atoms. The quantitative estimate of drug-likeness (QED) is 0.114. The Hall–Kier alpha value is -7.24. The van der Waals surface area contributed by atoms with E-state index in [4.69, 9.17) is 23.4 Å². The van der Waals surface area contributed by atoms with Crippen molar-refractivity contribution in [3.63, 3.8) is 0 Å². The average Bonchev–Trinajstić information content (AvgIpc) is 3.90. The Labute approximate surface area is 365 Å². The number of aromatic nitrogens is 4. The Kier molecular flexibility index (Phi) is 6.65. The maximum Gasteiger partial charge on any atom is 0.245 e. The first-order chi connectivity index (χ1) is 33.3. The number of benzene rings is 7. The minimum Gasteiger partial charge on any atom is -0.457 e. The molecule has 0 saturated carbocycles. The Bertz CT molecular complexity index is 3650. The largest absolute Gasteiger partial charge is 0.457 e. The summed E-state index contributed by atoms with van der Waals surface area (Å²) in [7, 11) is 0. The van der Waals surface area contributed by atoms with Crippen LogP contribution >= 0.6 is 0 Å². The van der Waals surface area contributed by atoms with E-state index in [1.54, 1.807) is 22.8 Å². The molecule has 5 nitrogen and oxygen atoms in total. The molecule has 0 radical (unpaired) electrons. The van der Waals surface area contributed by atoms with E-state index in [1.165, 1.54) is 5.56 Å². The van der Waals surface area contributed by atoms with Crippen LogP contribution in [0.5, 0.6) is 11.5 Å². The topological polar surface area (TPSA) is 35.9 Å². The zero-order valence-corrected chi connectivity index (χ0v) is 33.8. The third kappa shape index (κ3) is 6.43. The minimum atomic E-state index is -0.868. The molecule has 3 heterocycles. The molecule has 0 aliphatic rings. The summed E-state index contributed by atoms with van der Waals surface area (Å²) < 4.78 is 99.7. The van der Waals surface area contributed by atoms with Gasteiger partial charge in [0.15, 0.2) is 0 Å². The summed E-state index contributed by atoms with van der Waals surface area (Å²) in [6.45, 7) is 10.6. The highest BCUT2D eigenvalue weighted by Gasteiger charge is 2.30. The van der Waals surface area contributed by atoms with Gasteiger partial charge in [0.25, 0.3) is 0 Å². The van der Waals surface area contributed by atoms with Gasteiger partial charge in [-0.3, -0.25) is 4.57 Å². The van der Waals surface area contributed by atoms with Gasteiger partial charge >= 0.3 is 0 Å². The van der Waals surface area contributed by atoms with Gasteiger partial charge in [-0.2, -0.15) is 0 Å². The van der Waals surface area contributed by atoms with Crippen LogP contribution in [0.2, 0.25) is 0 Å². The normalized spacial score (nSPS) is 14.4. The van der Waals surface area contributed by atoms with E-state index in [2.05, 4.69) is 62.0 Å². The Morgan fingerprint density at radius 3 is 1.93 bits per heavy atom. The van der Waals surface area contributed by atoms with Crippen molar-refractivity contribution in [3.05, 3.63) is 205 Å². The average molecular weight is 789 g/mol. The molecular weight excluding hydrogens is 733 g/mol. The zero-order valence-electron chi connectivity index (χ0n) is 43.8. The van der Waals surface area contributed by atoms with Crippen LogP contribution in [0.1, 0.15) is 59.5 Å². The number of rotatable bonds is 8.